The van der Waals surface area contributed by atoms with E-state index in [1.807, 2.05) is 0 Å². The first-order chi connectivity index (χ1) is 16.4. The largest absolute Gasteiger partial charge is 0.481 e. The van der Waals surface area contributed by atoms with E-state index >= 15 is 0 Å². The summed E-state index contributed by atoms with van der Waals surface area (Å²) >= 11 is 0. The Hall–Kier alpha value is -3.23. The minimum Gasteiger partial charge on any atom is -0.481 e. The zero-order chi connectivity index (χ0) is 26.5. The minimum atomic E-state index is -0.807. The quantitative estimate of drug-likeness (QED) is 0.430. The monoisotopic (exact) mass is 476 g/mol. The lowest BCUT2D eigenvalue weighted by atomic mass is 9.88. The van der Waals surface area contributed by atoms with E-state index in [1.54, 1.807) is 7.11 Å². The fourth-order valence-corrected chi connectivity index (χ4v) is 4.49. The highest BCUT2D eigenvalue weighted by molar-refractivity contribution is 6.07. The van der Waals surface area contributed by atoms with Crippen LogP contribution in [0.15, 0.2) is 30.3 Å². The SMILES string of the molecule is C#C.CC(C)(C)C.COCc1cc2c(-c3ccc(C)cc3)c(CC(=O)O)c(C)c3c2n1CCN3C. The molecule has 0 saturated heterocycles. The molecular weight excluding hydrogens is 436 g/mol. The van der Waals surface area contributed by atoms with Gasteiger partial charge in [0.25, 0.3) is 0 Å². The number of aliphatic carboxylic acids is 1. The van der Waals surface area contributed by atoms with E-state index in [1.165, 1.54) is 11.1 Å². The first kappa shape index (κ1) is 28.0. The molecule has 35 heavy (non-hydrogen) atoms. The number of hydrogen-bond acceptors (Lipinski definition) is 3. The van der Waals surface area contributed by atoms with Gasteiger partial charge in [-0.3, -0.25) is 4.79 Å². The third-order valence-electron chi connectivity index (χ3n) is 5.79. The van der Waals surface area contributed by atoms with Gasteiger partial charge in [-0.2, -0.15) is 0 Å². The van der Waals surface area contributed by atoms with Crippen LogP contribution >= 0.6 is 0 Å². The lowest BCUT2D eigenvalue weighted by Crippen LogP contribution is -2.29. The molecule has 2 heterocycles. The normalized spacial score (nSPS) is 12.5. The first-order valence-electron chi connectivity index (χ1n) is 11.9. The second kappa shape index (κ2) is 11.5. The number of carboxylic acid groups (broad SMARTS) is 1. The Kier molecular flexibility index (Phi) is 9.18. The number of rotatable bonds is 5. The molecule has 188 valence electrons. The van der Waals surface area contributed by atoms with Crippen LogP contribution in [0.5, 0.6) is 0 Å². The van der Waals surface area contributed by atoms with Gasteiger partial charge in [-0.1, -0.05) is 57.5 Å². The molecule has 4 rings (SSSR count). The number of nitrogens with zero attached hydrogens (tertiary/aromatic N) is 2. The van der Waals surface area contributed by atoms with Gasteiger partial charge < -0.3 is 19.3 Å². The van der Waals surface area contributed by atoms with E-state index < -0.39 is 5.97 Å². The molecule has 0 unspecified atom stereocenters. The number of hydrogen-bond donors (Lipinski definition) is 1. The van der Waals surface area contributed by atoms with E-state index in [4.69, 9.17) is 4.74 Å². The van der Waals surface area contributed by atoms with Crippen molar-refractivity contribution in [3.8, 4) is 24.0 Å². The number of ether oxygens (including phenoxy) is 1. The molecule has 1 aliphatic rings. The molecule has 0 radical (unpaired) electrons. The summed E-state index contributed by atoms with van der Waals surface area (Å²) < 4.78 is 7.79. The minimum absolute atomic E-state index is 0.0105. The fourth-order valence-electron chi connectivity index (χ4n) is 4.49. The van der Waals surface area contributed by atoms with Crippen molar-refractivity contribution in [1.82, 2.24) is 4.57 Å². The van der Waals surface area contributed by atoms with Crippen molar-refractivity contribution in [1.29, 1.82) is 0 Å². The smallest absolute Gasteiger partial charge is 0.307 e. The number of carboxylic acids is 1. The van der Waals surface area contributed by atoms with Crippen LogP contribution in [0.3, 0.4) is 0 Å². The van der Waals surface area contributed by atoms with Gasteiger partial charge in [0, 0.05) is 38.3 Å². The van der Waals surface area contributed by atoms with Crippen LogP contribution in [0.25, 0.3) is 22.0 Å². The average Bonchev–Trinajstić information content (AvgIpc) is 3.12. The Balaban J connectivity index is 0.000000551. The third kappa shape index (κ3) is 6.46. The number of likely N-dealkylation sites (N-methyl/N-ethyl adjacent to an activating group) is 1. The Morgan fingerprint density at radius 2 is 1.66 bits per heavy atom. The molecule has 5 heteroatoms. The van der Waals surface area contributed by atoms with Crippen molar-refractivity contribution in [2.24, 2.45) is 5.41 Å². The molecule has 0 bridgehead atoms. The molecular formula is C30H40N2O3. The van der Waals surface area contributed by atoms with Gasteiger partial charge >= 0.3 is 5.97 Å². The molecule has 2 aromatic carbocycles. The average molecular weight is 477 g/mol. The molecule has 3 aromatic rings. The van der Waals surface area contributed by atoms with Crippen molar-refractivity contribution in [2.75, 3.05) is 25.6 Å². The van der Waals surface area contributed by atoms with Crippen molar-refractivity contribution >= 4 is 22.6 Å². The number of terminal acetylenes is 1. The molecule has 0 spiro atoms. The number of carbonyl (C=O) groups is 1. The second-order valence-electron chi connectivity index (χ2n) is 10.7. The summed E-state index contributed by atoms with van der Waals surface area (Å²) in [5.41, 5.74) is 9.18. The van der Waals surface area contributed by atoms with E-state index in [0.29, 0.717) is 12.0 Å². The third-order valence-corrected chi connectivity index (χ3v) is 5.79. The topological polar surface area (TPSA) is 54.7 Å². The van der Waals surface area contributed by atoms with Crippen LogP contribution in [0, 0.1) is 32.1 Å². The zero-order valence-corrected chi connectivity index (χ0v) is 22.5. The number of benzene rings is 2. The summed E-state index contributed by atoms with van der Waals surface area (Å²) in [6.07, 6.45) is 8.01. The summed E-state index contributed by atoms with van der Waals surface area (Å²) in [6, 6.07) is 10.5. The number of aromatic nitrogens is 1. The summed E-state index contributed by atoms with van der Waals surface area (Å²) in [6.45, 7) is 15.2. The fraction of sp³-hybridized carbons (Fsp3) is 0.433. The van der Waals surface area contributed by atoms with Crippen molar-refractivity contribution in [3.05, 3.63) is 52.7 Å². The molecule has 0 atom stereocenters. The molecule has 1 aliphatic heterocycles. The lowest BCUT2D eigenvalue weighted by Gasteiger charge is -2.31. The van der Waals surface area contributed by atoms with Gasteiger partial charge in [0.05, 0.1) is 24.2 Å². The molecule has 0 amide bonds. The zero-order valence-electron chi connectivity index (χ0n) is 22.5. The van der Waals surface area contributed by atoms with E-state index in [2.05, 4.69) is 101 Å². The van der Waals surface area contributed by atoms with Crippen LogP contribution < -0.4 is 4.90 Å². The van der Waals surface area contributed by atoms with Crippen molar-refractivity contribution < 1.29 is 14.6 Å². The van der Waals surface area contributed by atoms with Gasteiger partial charge in [0.1, 0.15) is 0 Å². The van der Waals surface area contributed by atoms with Crippen LogP contribution in [-0.4, -0.2) is 36.3 Å². The first-order valence-corrected chi connectivity index (χ1v) is 11.9. The molecule has 1 N–H and O–H groups in total. The Morgan fingerprint density at radius 1 is 1.09 bits per heavy atom. The van der Waals surface area contributed by atoms with Crippen LogP contribution in [0.1, 0.15) is 50.1 Å². The maximum Gasteiger partial charge on any atom is 0.307 e. The maximum atomic E-state index is 11.7. The number of methoxy groups -OCH3 is 1. The van der Waals surface area contributed by atoms with Gasteiger partial charge in [-0.25, -0.2) is 0 Å². The van der Waals surface area contributed by atoms with Gasteiger partial charge in [0.2, 0.25) is 0 Å². The Bertz CT molecular complexity index is 1190. The van der Waals surface area contributed by atoms with Gasteiger partial charge in [0.15, 0.2) is 0 Å². The van der Waals surface area contributed by atoms with Gasteiger partial charge in [-0.15, -0.1) is 12.8 Å². The van der Waals surface area contributed by atoms with Crippen LogP contribution in [-0.2, 0) is 29.1 Å². The molecule has 0 aliphatic carbocycles. The van der Waals surface area contributed by atoms with E-state index in [0.717, 1.165) is 52.1 Å². The standard InChI is InChI=1S/C23H26N2O3.C5H12.C2H2/c1-14-5-7-16(8-6-14)21-18(12-20(26)27)15(2)22-23-19(21)11-17(13-28-4)25(23)10-9-24(22)3;1-5(2,3)4;1-2/h5-8,11H,9-10,12-13H2,1-4H3,(H,26,27);1-4H3;1-2H. The van der Waals surface area contributed by atoms with Crippen LogP contribution in [0.2, 0.25) is 0 Å². The second-order valence-corrected chi connectivity index (χ2v) is 10.7. The molecule has 0 saturated carbocycles. The van der Waals surface area contributed by atoms with E-state index in [9.17, 15) is 9.90 Å². The highest BCUT2D eigenvalue weighted by atomic mass is 16.5. The highest BCUT2D eigenvalue weighted by Crippen LogP contribution is 2.44. The predicted molar refractivity (Wildman–Crippen MR) is 147 cm³/mol. The summed E-state index contributed by atoms with van der Waals surface area (Å²) in [7, 11) is 3.80. The van der Waals surface area contributed by atoms with E-state index in [-0.39, 0.29) is 6.42 Å². The van der Waals surface area contributed by atoms with Crippen molar-refractivity contribution in [3.63, 3.8) is 0 Å². The number of aryl methyl sites for hydroxylation is 1. The van der Waals surface area contributed by atoms with Crippen molar-refractivity contribution in [2.45, 2.75) is 61.1 Å². The van der Waals surface area contributed by atoms with Crippen LogP contribution in [0.4, 0.5) is 5.69 Å². The number of anilines is 1. The highest BCUT2D eigenvalue weighted by Gasteiger charge is 2.28. The summed E-state index contributed by atoms with van der Waals surface area (Å²) in [5.74, 6) is -0.807. The Morgan fingerprint density at radius 3 is 2.17 bits per heavy atom. The lowest BCUT2D eigenvalue weighted by molar-refractivity contribution is -0.136. The molecule has 5 nitrogen and oxygen atoms in total. The summed E-state index contributed by atoms with van der Waals surface area (Å²) in [5, 5.41) is 10.7. The molecule has 1 aromatic heterocycles. The predicted octanol–water partition coefficient (Wildman–Crippen LogP) is 6.45. The Labute approximate surface area is 210 Å². The summed E-state index contributed by atoms with van der Waals surface area (Å²) in [4.78, 5) is 14.0. The van der Waals surface area contributed by atoms with Gasteiger partial charge in [-0.05, 0) is 47.6 Å². The maximum absolute atomic E-state index is 11.7. The molecule has 0 fully saturated rings.